The van der Waals surface area contributed by atoms with Crippen molar-refractivity contribution in [2.24, 2.45) is 0 Å². The molecule has 4 aromatic rings. The molecule has 0 aliphatic carbocycles. The molecule has 3 N–H and O–H groups in total. The number of aromatic nitrogens is 2. The van der Waals surface area contributed by atoms with E-state index in [4.69, 9.17) is 5.73 Å². The predicted molar refractivity (Wildman–Crippen MR) is 99.1 cm³/mol. The highest BCUT2D eigenvalue weighted by molar-refractivity contribution is 5.84. The zero-order valence-electron chi connectivity index (χ0n) is 13.0. The molecular weight excluding hydrogens is 296 g/mol. The summed E-state index contributed by atoms with van der Waals surface area (Å²) in [5.74, 6) is 0.659. The molecule has 2 aromatic heterocycles. The second-order valence-electron chi connectivity index (χ2n) is 5.56. The van der Waals surface area contributed by atoms with Gasteiger partial charge in [-0.05, 0) is 42.0 Å². The van der Waals surface area contributed by atoms with Crippen molar-refractivity contribution in [1.29, 1.82) is 0 Å². The van der Waals surface area contributed by atoms with E-state index in [1.165, 1.54) is 0 Å². The lowest BCUT2D eigenvalue weighted by Crippen LogP contribution is -1.98. The molecule has 0 unspecified atom stereocenters. The molecule has 4 rings (SSSR count). The number of rotatable bonds is 3. The molecule has 0 aliphatic rings. The lowest BCUT2D eigenvalue weighted by Gasteiger charge is -2.10. The summed E-state index contributed by atoms with van der Waals surface area (Å²) >= 11 is 0. The molecule has 0 spiro atoms. The molecule has 0 saturated heterocycles. The van der Waals surface area contributed by atoms with Crippen LogP contribution in [0.2, 0.25) is 0 Å². The normalized spacial score (nSPS) is 10.7. The first kappa shape index (κ1) is 14.2. The van der Waals surface area contributed by atoms with Gasteiger partial charge < -0.3 is 11.1 Å². The van der Waals surface area contributed by atoms with Crippen LogP contribution in [0.5, 0.6) is 0 Å². The van der Waals surface area contributed by atoms with Crippen molar-refractivity contribution in [3.8, 4) is 11.1 Å². The summed E-state index contributed by atoms with van der Waals surface area (Å²) in [6, 6.07) is 22.0. The van der Waals surface area contributed by atoms with Crippen LogP contribution in [-0.2, 0) is 0 Å². The Morgan fingerprint density at radius 3 is 2.62 bits per heavy atom. The van der Waals surface area contributed by atoms with Gasteiger partial charge >= 0.3 is 0 Å². The number of pyridine rings is 2. The molecule has 4 heteroatoms. The molecule has 0 radical (unpaired) electrons. The number of hydrogen-bond donors (Lipinski definition) is 2. The van der Waals surface area contributed by atoms with Crippen LogP contribution in [-0.4, -0.2) is 9.97 Å². The van der Waals surface area contributed by atoms with E-state index in [9.17, 15) is 0 Å². The van der Waals surface area contributed by atoms with Crippen LogP contribution in [0, 0.1) is 0 Å². The quantitative estimate of drug-likeness (QED) is 0.579. The van der Waals surface area contributed by atoms with Gasteiger partial charge in [0, 0.05) is 29.0 Å². The van der Waals surface area contributed by atoms with E-state index in [2.05, 4.69) is 39.6 Å². The molecule has 0 aliphatic heterocycles. The first-order valence-corrected chi connectivity index (χ1v) is 7.72. The average molecular weight is 312 g/mol. The second-order valence-corrected chi connectivity index (χ2v) is 5.56. The Kier molecular flexibility index (Phi) is 3.56. The number of nitrogens with one attached hydrogen (secondary N) is 1. The van der Waals surface area contributed by atoms with Crippen LogP contribution in [0.1, 0.15) is 0 Å². The maximum absolute atomic E-state index is 5.94. The summed E-state index contributed by atoms with van der Waals surface area (Å²) in [5.41, 5.74) is 10.7. The third-order valence-electron chi connectivity index (χ3n) is 3.89. The first-order valence-electron chi connectivity index (χ1n) is 7.72. The fraction of sp³-hybridized carbons (Fsp3) is 0. The molecule has 4 nitrogen and oxygen atoms in total. The summed E-state index contributed by atoms with van der Waals surface area (Å²) in [7, 11) is 0. The molecule has 0 bridgehead atoms. The van der Waals surface area contributed by atoms with Gasteiger partial charge in [0.1, 0.15) is 0 Å². The predicted octanol–water partition coefficient (Wildman–Crippen LogP) is 4.62. The van der Waals surface area contributed by atoms with Crippen molar-refractivity contribution in [3.05, 3.63) is 79.1 Å². The molecular formula is C20H16N4. The number of anilines is 3. The fourth-order valence-corrected chi connectivity index (χ4v) is 2.66. The van der Waals surface area contributed by atoms with Crippen LogP contribution >= 0.6 is 0 Å². The van der Waals surface area contributed by atoms with E-state index < -0.39 is 0 Å². The van der Waals surface area contributed by atoms with Gasteiger partial charge in [-0.3, -0.25) is 4.98 Å². The zero-order chi connectivity index (χ0) is 16.4. The Bertz CT molecular complexity index is 1010. The monoisotopic (exact) mass is 312 g/mol. The van der Waals surface area contributed by atoms with E-state index in [1.54, 1.807) is 6.20 Å². The minimum Gasteiger partial charge on any atom is -0.396 e. The largest absolute Gasteiger partial charge is 0.396 e. The number of fused-ring (bicyclic) bond motifs is 1. The Hall–Kier alpha value is -3.40. The smallest absolute Gasteiger partial charge is 0.153 e. The third-order valence-corrected chi connectivity index (χ3v) is 3.89. The van der Waals surface area contributed by atoms with Crippen molar-refractivity contribution < 1.29 is 0 Å². The Morgan fingerprint density at radius 1 is 0.792 bits per heavy atom. The van der Waals surface area contributed by atoms with Crippen LogP contribution < -0.4 is 11.1 Å². The molecule has 0 atom stereocenters. The summed E-state index contributed by atoms with van der Waals surface area (Å²) in [4.78, 5) is 8.80. The van der Waals surface area contributed by atoms with E-state index in [0.717, 1.165) is 27.7 Å². The Balaban J connectivity index is 1.70. The number of nitrogen functional groups attached to an aromatic ring is 1. The average Bonchev–Trinajstić information content (AvgIpc) is 2.63. The SMILES string of the molecule is Nc1cccnc1Nc1cccc(-c2cnc3ccccc3c2)c1. The van der Waals surface area contributed by atoms with Crippen molar-refractivity contribution in [2.45, 2.75) is 0 Å². The van der Waals surface area contributed by atoms with Crippen molar-refractivity contribution in [3.63, 3.8) is 0 Å². The molecule has 0 saturated carbocycles. The number of nitrogens with zero attached hydrogens (tertiary/aromatic N) is 2. The van der Waals surface area contributed by atoms with E-state index in [-0.39, 0.29) is 0 Å². The van der Waals surface area contributed by atoms with E-state index >= 15 is 0 Å². The van der Waals surface area contributed by atoms with E-state index in [1.807, 2.05) is 48.7 Å². The summed E-state index contributed by atoms with van der Waals surface area (Å²) in [5, 5.41) is 4.39. The molecule has 24 heavy (non-hydrogen) atoms. The van der Waals surface area contributed by atoms with Gasteiger partial charge in [0.25, 0.3) is 0 Å². The topological polar surface area (TPSA) is 63.8 Å². The second kappa shape index (κ2) is 6.01. The molecule has 0 amide bonds. The van der Waals surface area contributed by atoms with Gasteiger partial charge in [-0.2, -0.15) is 0 Å². The molecule has 2 aromatic carbocycles. The number of para-hydroxylation sites is 1. The number of nitrogens with two attached hydrogens (primary N) is 1. The lowest BCUT2D eigenvalue weighted by atomic mass is 10.0. The zero-order valence-corrected chi connectivity index (χ0v) is 13.0. The van der Waals surface area contributed by atoms with Crippen LogP contribution in [0.15, 0.2) is 79.1 Å². The minimum atomic E-state index is 0.621. The first-order chi connectivity index (χ1) is 11.8. The number of hydrogen-bond acceptors (Lipinski definition) is 4. The van der Waals surface area contributed by atoms with Crippen LogP contribution in [0.25, 0.3) is 22.0 Å². The third kappa shape index (κ3) is 2.77. The fourth-order valence-electron chi connectivity index (χ4n) is 2.66. The highest BCUT2D eigenvalue weighted by atomic mass is 15.0. The van der Waals surface area contributed by atoms with Gasteiger partial charge in [-0.15, -0.1) is 0 Å². The van der Waals surface area contributed by atoms with Crippen LogP contribution in [0.3, 0.4) is 0 Å². The standard InChI is InChI=1S/C20H16N4/c21-18-8-4-10-22-20(18)24-17-7-3-6-14(12-17)16-11-15-5-1-2-9-19(15)23-13-16/h1-13H,21H2,(H,22,24). The van der Waals surface area contributed by atoms with Crippen molar-refractivity contribution >= 4 is 28.1 Å². The minimum absolute atomic E-state index is 0.621. The van der Waals surface area contributed by atoms with Gasteiger partial charge in [-0.25, -0.2) is 4.98 Å². The Labute approximate surface area is 140 Å². The van der Waals surface area contributed by atoms with Gasteiger partial charge in [0.15, 0.2) is 5.82 Å². The summed E-state index contributed by atoms with van der Waals surface area (Å²) < 4.78 is 0. The molecule has 0 fully saturated rings. The van der Waals surface area contributed by atoms with Crippen LogP contribution in [0.4, 0.5) is 17.2 Å². The Morgan fingerprint density at radius 2 is 1.71 bits per heavy atom. The summed E-state index contributed by atoms with van der Waals surface area (Å²) in [6.07, 6.45) is 3.62. The van der Waals surface area contributed by atoms with Gasteiger partial charge in [0.05, 0.1) is 11.2 Å². The van der Waals surface area contributed by atoms with Gasteiger partial charge in [-0.1, -0.05) is 30.3 Å². The van der Waals surface area contributed by atoms with Crippen molar-refractivity contribution in [1.82, 2.24) is 9.97 Å². The maximum Gasteiger partial charge on any atom is 0.153 e. The number of benzene rings is 2. The van der Waals surface area contributed by atoms with E-state index in [0.29, 0.717) is 11.5 Å². The van der Waals surface area contributed by atoms with Crippen molar-refractivity contribution in [2.75, 3.05) is 11.1 Å². The highest BCUT2D eigenvalue weighted by Crippen LogP contribution is 2.27. The summed E-state index contributed by atoms with van der Waals surface area (Å²) in [6.45, 7) is 0. The molecule has 2 heterocycles. The molecule has 116 valence electrons. The lowest BCUT2D eigenvalue weighted by molar-refractivity contribution is 1.31. The highest BCUT2D eigenvalue weighted by Gasteiger charge is 2.04. The maximum atomic E-state index is 5.94. The van der Waals surface area contributed by atoms with Gasteiger partial charge in [0.2, 0.25) is 0 Å².